The number of benzene rings is 1. The highest BCUT2D eigenvalue weighted by molar-refractivity contribution is 6.07. The average Bonchev–Trinajstić information content (AvgIpc) is 3.24. The summed E-state index contributed by atoms with van der Waals surface area (Å²) in [5, 5.41) is 3.90. The van der Waals surface area contributed by atoms with E-state index in [0.717, 1.165) is 40.7 Å². The maximum atomic E-state index is 12.9. The van der Waals surface area contributed by atoms with E-state index in [9.17, 15) is 4.79 Å². The number of imidazole rings is 1. The molecule has 0 bridgehead atoms. The number of hydrogen-bond donors (Lipinski definition) is 1. The van der Waals surface area contributed by atoms with Gasteiger partial charge < -0.3 is 9.88 Å². The van der Waals surface area contributed by atoms with E-state index in [1.807, 2.05) is 54.1 Å². The van der Waals surface area contributed by atoms with Gasteiger partial charge in [-0.15, -0.1) is 0 Å². The van der Waals surface area contributed by atoms with E-state index < -0.39 is 0 Å². The first-order valence-electron chi connectivity index (χ1n) is 9.26. The van der Waals surface area contributed by atoms with Crippen molar-refractivity contribution in [2.75, 3.05) is 6.54 Å². The van der Waals surface area contributed by atoms with Crippen LogP contribution in [0.5, 0.6) is 0 Å². The molecule has 3 heterocycles. The monoisotopic (exact) mass is 371 g/mol. The molecule has 0 aliphatic carbocycles. The molecule has 4 aromatic rings. The van der Waals surface area contributed by atoms with Gasteiger partial charge in [-0.2, -0.15) is 0 Å². The van der Waals surface area contributed by atoms with Gasteiger partial charge >= 0.3 is 0 Å². The zero-order valence-corrected chi connectivity index (χ0v) is 15.7. The first-order chi connectivity index (χ1) is 13.7. The number of aryl methyl sites for hydroxylation is 2. The molecule has 0 radical (unpaired) electrons. The molecule has 0 saturated heterocycles. The fourth-order valence-electron chi connectivity index (χ4n) is 3.18. The van der Waals surface area contributed by atoms with Crippen LogP contribution >= 0.6 is 0 Å². The molecule has 6 nitrogen and oxygen atoms in total. The Morgan fingerprint density at radius 2 is 1.93 bits per heavy atom. The highest BCUT2D eigenvalue weighted by Crippen LogP contribution is 2.25. The number of carbonyl (C=O) groups is 1. The Labute approximate surface area is 163 Å². The van der Waals surface area contributed by atoms with Crippen molar-refractivity contribution in [3.05, 3.63) is 78.6 Å². The van der Waals surface area contributed by atoms with Gasteiger partial charge in [0, 0.05) is 48.8 Å². The van der Waals surface area contributed by atoms with Crippen molar-refractivity contribution in [1.82, 2.24) is 24.8 Å². The Morgan fingerprint density at radius 3 is 2.71 bits per heavy atom. The van der Waals surface area contributed by atoms with Crippen molar-refractivity contribution in [2.45, 2.75) is 19.9 Å². The van der Waals surface area contributed by atoms with Crippen LogP contribution in [0.25, 0.3) is 22.2 Å². The van der Waals surface area contributed by atoms with E-state index in [1.54, 1.807) is 24.9 Å². The van der Waals surface area contributed by atoms with Crippen molar-refractivity contribution in [1.29, 1.82) is 0 Å². The molecule has 6 heteroatoms. The summed E-state index contributed by atoms with van der Waals surface area (Å²) in [5.74, 6) is -0.0843. The van der Waals surface area contributed by atoms with Gasteiger partial charge in [-0.1, -0.05) is 11.6 Å². The summed E-state index contributed by atoms with van der Waals surface area (Å²) >= 11 is 0. The lowest BCUT2D eigenvalue weighted by atomic mass is 10.0. The lowest BCUT2D eigenvalue weighted by Gasteiger charge is -2.11. The third-order valence-electron chi connectivity index (χ3n) is 4.62. The maximum Gasteiger partial charge on any atom is 0.252 e. The van der Waals surface area contributed by atoms with Crippen LogP contribution in [0.1, 0.15) is 22.3 Å². The molecule has 1 amide bonds. The van der Waals surface area contributed by atoms with Gasteiger partial charge in [0.15, 0.2) is 0 Å². The van der Waals surface area contributed by atoms with E-state index in [4.69, 9.17) is 4.98 Å². The molecule has 0 aliphatic rings. The molecule has 0 saturated carbocycles. The number of amides is 1. The molecule has 0 spiro atoms. The fraction of sp³-hybridized carbons (Fsp3) is 0.182. The van der Waals surface area contributed by atoms with Crippen LogP contribution in [0.4, 0.5) is 0 Å². The van der Waals surface area contributed by atoms with Crippen LogP contribution in [-0.4, -0.2) is 32.0 Å². The zero-order chi connectivity index (χ0) is 19.3. The third-order valence-corrected chi connectivity index (χ3v) is 4.62. The van der Waals surface area contributed by atoms with E-state index >= 15 is 0 Å². The summed E-state index contributed by atoms with van der Waals surface area (Å²) in [6, 6.07) is 11.6. The molecule has 0 atom stereocenters. The summed E-state index contributed by atoms with van der Waals surface area (Å²) in [4.78, 5) is 25.8. The zero-order valence-electron chi connectivity index (χ0n) is 15.7. The predicted octanol–water partition coefficient (Wildman–Crippen LogP) is 3.62. The van der Waals surface area contributed by atoms with Crippen molar-refractivity contribution in [2.24, 2.45) is 0 Å². The number of nitrogens with zero attached hydrogens (tertiary/aromatic N) is 4. The van der Waals surface area contributed by atoms with Gasteiger partial charge in [-0.3, -0.25) is 9.78 Å². The molecule has 1 aromatic carbocycles. The third kappa shape index (κ3) is 3.91. The maximum absolute atomic E-state index is 12.9. The number of fused-ring (bicyclic) bond motifs is 1. The van der Waals surface area contributed by atoms with Crippen LogP contribution in [0, 0.1) is 6.92 Å². The lowest BCUT2D eigenvalue weighted by molar-refractivity contribution is 0.0954. The van der Waals surface area contributed by atoms with E-state index in [-0.39, 0.29) is 5.91 Å². The second-order valence-electron chi connectivity index (χ2n) is 6.72. The van der Waals surface area contributed by atoms with Crippen LogP contribution < -0.4 is 5.32 Å². The summed E-state index contributed by atoms with van der Waals surface area (Å²) in [6.45, 7) is 3.43. The largest absolute Gasteiger partial charge is 0.352 e. The SMILES string of the molecule is Cc1ccc2nc(-c3ccncc3)cc(C(=O)NCCCn3ccnc3)c2c1. The Bertz CT molecular complexity index is 1090. The molecule has 1 N–H and O–H groups in total. The summed E-state index contributed by atoms with van der Waals surface area (Å²) in [7, 11) is 0. The van der Waals surface area contributed by atoms with Gasteiger partial charge in [0.25, 0.3) is 5.91 Å². The highest BCUT2D eigenvalue weighted by Gasteiger charge is 2.14. The number of hydrogen-bond acceptors (Lipinski definition) is 4. The average molecular weight is 371 g/mol. The Kier molecular flexibility index (Phi) is 5.10. The van der Waals surface area contributed by atoms with Crippen molar-refractivity contribution >= 4 is 16.8 Å². The van der Waals surface area contributed by atoms with E-state index in [1.165, 1.54) is 0 Å². The fourth-order valence-corrected chi connectivity index (χ4v) is 3.18. The number of carbonyl (C=O) groups excluding carboxylic acids is 1. The number of pyridine rings is 2. The molecule has 0 aliphatic heterocycles. The summed E-state index contributed by atoms with van der Waals surface area (Å²) < 4.78 is 2.00. The topological polar surface area (TPSA) is 72.7 Å². The minimum atomic E-state index is -0.0843. The molecule has 0 fully saturated rings. The number of nitrogens with one attached hydrogen (secondary N) is 1. The highest BCUT2D eigenvalue weighted by atomic mass is 16.1. The van der Waals surface area contributed by atoms with E-state index in [0.29, 0.717) is 12.1 Å². The van der Waals surface area contributed by atoms with Gasteiger partial charge in [0.2, 0.25) is 0 Å². The Hall–Kier alpha value is -3.54. The van der Waals surface area contributed by atoms with Gasteiger partial charge in [0.05, 0.1) is 23.1 Å². The van der Waals surface area contributed by atoms with E-state index in [2.05, 4.69) is 15.3 Å². The van der Waals surface area contributed by atoms with Crippen LogP contribution in [-0.2, 0) is 6.54 Å². The quantitative estimate of drug-likeness (QED) is 0.526. The van der Waals surface area contributed by atoms with Crippen molar-refractivity contribution < 1.29 is 4.79 Å². The molecule has 28 heavy (non-hydrogen) atoms. The predicted molar refractivity (Wildman–Crippen MR) is 109 cm³/mol. The summed E-state index contributed by atoms with van der Waals surface area (Å²) in [6.07, 6.45) is 9.74. The minimum absolute atomic E-state index is 0.0843. The second kappa shape index (κ2) is 8.00. The molecule has 140 valence electrons. The van der Waals surface area contributed by atoms with Gasteiger partial charge in [-0.05, 0) is 43.7 Å². The minimum Gasteiger partial charge on any atom is -0.352 e. The van der Waals surface area contributed by atoms with Crippen LogP contribution in [0.15, 0.2) is 67.5 Å². The first-order valence-corrected chi connectivity index (χ1v) is 9.26. The normalized spacial score (nSPS) is 10.9. The summed E-state index contributed by atoms with van der Waals surface area (Å²) in [5.41, 5.74) is 4.25. The molecule has 4 rings (SSSR count). The molecule has 3 aromatic heterocycles. The van der Waals surface area contributed by atoms with Crippen molar-refractivity contribution in [3.8, 4) is 11.3 Å². The smallest absolute Gasteiger partial charge is 0.252 e. The molecular formula is C22H21N5O. The molecule has 0 unspecified atom stereocenters. The number of rotatable bonds is 6. The first kappa shape index (κ1) is 17.9. The lowest BCUT2D eigenvalue weighted by Crippen LogP contribution is -2.25. The standard InChI is InChI=1S/C22H21N5O/c1-16-3-4-20-18(13-16)19(14-21(26-20)17-5-8-23-9-6-17)22(28)25-7-2-11-27-12-10-24-15-27/h3-6,8-10,12-15H,2,7,11H2,1H3,(H,25,28). The Morgan fingerprint density at radius 1 is 1.07 bits per heavy atom. The van der Waals surface area contributed by atoms with Gasteiger partial charge in [0.1, 0.15) is 0 Å². The van der Waals surface area contributed by atoms with Gasteiger partial charge in [-0.25, -0.2) is 9.97 Å². The Balaban J connectivity index is 1.60. The molecular weight excluding hydrogens is 350 g/mol. The number of aromatic nitrogens is 4. The van der Waals surface area contributed by atoms with Crippen molar-refractivity contribution in [3.63, 3.8) is 0 Å². The van der Waals surface area contributed by atoms with Crippen LogP contribution in [0.2, 0.25) is 0 Å². The second-order valence-corrected chi connectivity index (χ2v) is 6.72. The van der Waals surface area contributed by atoms with Crippen LogP contribution in [0.3, 0.4) is 0 Å².